The summed E-state index contributed by atoms with van der Waals surface area (Å²) in [4.78, 5) is 7.52. The van der Waals surface area contributed by atoms with E-state index in [1.165, 1.54) is 76.5 Å². The number of nitrogens with zero attached hydrogens (tertiary/aromatic N) is 3. The van der Waals surface area contributed by atoms with Gasteiger partial charge in [0, 0.05) is 12.1 Å². The first-order chi connectivity index (χ1) is 28.7. The number of hydrogen-bond donors (Lipinski definition) is 0. The molecule has 10 aromatic carbocycles. The Labute approximate surface area is 336 Å². The number of imidazole rings is 1. The fourth-order valence-corrected chi connectivity index (χ4v) is 9.56. The molecular formula is C55H37N3. The van der Waals surface area contributed by atoms with Gasteiger partial charge in [0.15, 0.2) is 0 Å². The highest BCUT2D eigenvalue weighted by atomic mass is 15.2. The fourth-order valence-electron chi connectivity index (χ4n) is 9.56. The molecule has 1 aliphatic rings. The Kier molecular flexibility index (Phi) is 7.21. The van der Waals surface area contributed by atoms with Crippen LogP contribution < -0.4 is 4.90 Å². The van der Waals surface area contributed by atoms with Crippen LogP contribution in [0.4, 0.5) is 17.1 Å². The fraction of sp³-hybridized carbons (Fsp3) is 0.0364. The summed E-state index contributed by atoms with van der Waals surface area (Å²) < 4.78 is 2.38. The summed E-state index contributed by atoms with van der Waals surface area (Å²) in [7, 11) is 0. The lowest BCUT2D eigenvalue weighted by atomic mass is 9.84. The highest BCUT2D eigenvalue weighted by molar-refractivity contribution is 6.22. The van der Waals surface area contributed by atoms with Crippen molar-refractivity contribution in [2.45, 2.75) is 13.3 Å². The van der Waals surface area contributed by atoms with Gasteiger partial charge in [-0.25, -0.2) is 4.98 Å². The summed E-state index contributed by atoms with van der Waals surface area (Å²) in [5.74, 6) is 1.07. The highest BCUT2D eigenvalue weighted by Gasteiger charge is 2.29. The number of benzene rings is 10. The number of aryl methyl sites for hydroxylation is 1. The molecule has 0 amide bonds. The molecule has 0 saturated carbocycles. The number of hydrogen-bond acceptors (Lipinski definition) is 2. The number of rotatable bonds is 5. The molecule has 12 rings (SSSR count). The Morgan fingerprint density at radius 3 is 1.66 bits per heavy atom. The molecule has 0 spiro atoms. The van der Waals surface area contributed by atoms with Crippen LogP contribution >= 0.6 is 0 Å². The maximum atomic E-state index is 5.11. The van der Waals surface area contributed by atoms with E-state index in [0.29, 0.717) is 0 Å². The van der Waals surface area contributed by atoms with Crippen molar-refractivity contribution < 1.29 is 0 Å². The van der Waals surface area contributed by atoms with Crippen LogP contribution in [0.3, 0.4) is 0 Å². The lowest BCUT2D eigenvalue weighted by Gasteiger charge is -2.33. The number of fused-ring (bicyclic) bond motifs is 6. The first-order valence-electron chi connectivity index (χ1n) is 20.2. The van der Waals surface area contributed by atoms with Crippen LogP contribution in [-0.4, -0.2) is 9.55 Å². The maximum absolute atomic E-state index is 5.11. The molecule has 0 N–H and O–H groups in total. The Morgan fingerprint density at radius 1 is 0.397 bits per heavy atom. The van der Waals surface area contributed by atoms with Gasteiger partial charge in [0.25, 0.3) is 0 Å². The van der Waals surface area contributed by atoms with E-state index in [4.69, 9.17) is 4.98 Å². The molecule has 0 radical (unpaired) electrons. The van der Waals surface area contributed by atoms with Gasteiger partial charge in [0.05, 0.1) is 28.1 Å². The summed E-state index contributed by atoms with van der Waals surface area (Å²) in [5, 5.41) is 9.96. The standard InChI is InChI=1S/C55H37N3/c1-2-52-56-48-21-12-22-50-55(48)58(52)49-30-28-40(34-51(49)57(50)43-17-4-3-5-18-43)39-27-29-46-47(33-39)54(42-26-24-36-14-7-9-16-38(36)32-42)45-20-11-10-19-44(45)53(46)41-25-23-35-13-6-8-15-37(35)31-41/h3-34H,2H2,1H3. The van der Waals surface area contributed by atoms with Crippen LogP contribution in [0.2, 0.25) is 0 Å². The zero-order valence-electron chi connectivity index (χ0n) is 32.0. The second-order valence-corrected chi connectivity index (χ2v) is 15.4. The average Bonchev–Trinajstić information content (AvgIpc) is 3.68. The molecule has 0 saturated heterocycles. The van der Waals surface area contributed by atoms with E-state index in [9.17, 15) is 0 Å². The van der Waals surface area contributed by atoms with E-state index < -0.39 is 0 Å². The topological polar surface area (TPSA) is 21.1 Å². The van der Waals surface area contributed by atoms with Crippen LogP contribution in [0.25, 0.3) is 93.2 Å². The Balaban J connectivity index is 1.14. The highest BCUT2D eigenvalue weighted by Crippen LogP contribution is 2.50. The third-order valence-corrected chi connectivity index (χ3v) is 12.2. The van der Waals surface area contributed by atoms with Crippen molar-refractivity contribution in [3.63, 3.8) is 0 Å². The van der Waals surface area contributed by atoms with Gasteiger partial charge in [-0.1, -0.05) is 146 Å². The van der Waals surface area contributed by atoms with Crippen molar-refractivity contribution in [3.8, 4) is 39.1 Å². The van der Waals surface area contributed by atoms with Crippen LogP contribution in [0.5, 0.6) is 0 Å². The van der Waals surface area contributed by atoms with Gasteiger partial charge >= 0.3 is 0 Å². The predicted octanol–water partition coefficient (Wildman–Crippen LogP) is 15.0. The van der Waals surface area contributed by atoms with Crippen LogP contribution in [0, 0.1) is 0 Å². The van der Waals surface area contributed by atoms with Gasteiger partial charge in [-0.2, -0.15) is 0 Å². The zero-order chi connectivity index (χ0) is 38.3. The molecule has 0 bridgehead atoms. The summed E-state index contributed by atoms with van der Waals surface area (Å²) in [6, 6.07) is 71.5. The van der Waals surface area contributed by atoms with Crippen LogP contribution in [0.15, 0.2) is 194 Å². The van der Waals surface area contributed by atoms with Crippen molar-refractivity contribution in [3.05, 3.63) is 200 Å². The van der Waals surface area contributed by atoms with Crippen molar-refractivity contribution in [2.24, 2.45) is 0 Å². The normalized spacial score (nSPS) is 12.3. The van der Waals surface area contributed by atoms with Crippen molar-refractivity contribution >= 4 is 71.2 Å². The van der Waals surface area contributed by atoms with Crippen molar-refractivity contribution in [2.75, 3.05) is 4.90 Å². The maximum Gasteiger partial charge on any atom is 0.114 e. The SMILES string of the molecule is CCc1nc2cccc3c2n1-c1ccc(-c2ccc4c(-c5ccc6ccccc6c5)c5ccccc5c(-c5ccc6ccccc6c5)c4c2)cc1N3c1ccccc1. The molecule has 2 heterocycles. The van der Waals surface area contributed by atoms with Crippen molar-refractivity contribution in [1.29, 1.82) is 0 Å². The molecule has 11 aromatic rings. The first-order valence-corrected chi connectivity index (χ1v) is 20.2. The average molecular weight is 740 g/mol. The monoisotopic (exact) mass is 739 g/mol. The molecule has 272 valence electrons. The van der Waals surface area contributed by atoms with E-state index in [0.717, 1.165) is 46.0 Å². The Hall–Kier alpha value is -7.49. The number of anilines is 3. The lowest BCUT2D eigenvalue weighted by Crippen LogP contribution is -2.19. The quantitative estimate of drug-likeness (QED) is 0.164. The number of aromatic nitrogens is 2. The minimum Gasteiger partial charge on any atom is -0.306 e. The third-order valence-electron chi connectivity index (χ3n) is 12.2. The van der Waals surface area contributed by atoms with E-state index in [-0.39, 0.29) is 0 Å². The molecule has 3 nitrogen and oxygen atoms in total. The van der Waals surface area contributed by atoms with Gasteiger partial charge in [0.2, 0.25) is 0 Å². The Bertz CT molecular complexity index is 3450. The summed E-state index contributed by atoms with van der Waals surface area (Å²) >= 11 is 0. The molecule has 0 unspecified atom stereocenters. The molecule has 58 heavy (non-hydrogen) atoms. The van der Waals surface area contributed by atoms with Crippen LogP contribution in [0.1, 0.15) is 12.7 Å². The lowest BCUT2D eigenvalue weighted by molar-refractivity contribution is 0.900. The summed E-state index contributed by atoms with van der Waals surface area (Å²) in [6.45, 7) is 2.19. The summed E-state index contributed by atoms with van der Waals surface area (Å²) in [6.07, 6.45) is 0.844. The molecule has 0 fully saturated rings. The second kappa shape index (κ2) is 12.8. The predicted molar refractivity (Wildman–Crippen MR) is 245 cm³/mol. The first kappa shape index (κ1) is 32.7. The molecule has 3 heteroatoms. The molecule has 0 atom stereocenters. The van der Waals surface area contributed by atoms with Gasteiger partial charge < -0.3 is 4.90 Å². The zero-order valence-corrected chi connectivity index (χ0v) is 32.0. The molecule has 0 aliphatic carbocycles. The molecule has 1 aromatic heterocycles. The molecular weight excluding hydrogens is 703 g/mol. The van der Waals surface area contributed by atoms with E-state index in [1.54, 1.807) is 0 Å². The van der Waals surface area contributed by atoms with E-state index in [2.05, 4.69) is 211 Å². The Morgan fingerprint density at radius 2 is 0.966 bits per heavy atom. The minimum atomic E-state index is 0.844. The largest absolute Gasteiger partial charge is 0.306 e. The summed E-state index contributed by atoms with van der Waals surface area (Å²) in [5.41, 5.74) is 14.0. The van der Waals surface area contributed by atoms with Crippen LogP contribution in [-0.2, 0) is 6.42 Å². The van der Waals surface area contributed by atoms with Gasteiger partial charge in [0.1, 0.15) is 5.82 Å². The smallest absolute Gasteiger partial charge is 0.114 e. The van der Waals surface area contributed by atoms with E-state index in [1.807, 2.05) is 0 Å². The van der Waals surface area contributed by atoms with Gasteiger partial charge in [-0.15, -0.1) is 0 Å². The van der Waals surface area contributed by atoms with Gasteiger partial charge in [-0.05, 0) is 131 Å². The van der Waals surface area contributed by atoms with Gasteiger partial charge in [-0.3, -0.25) is 4.57 Å². The minimum absolute atomic E-state index is 0.844. The van der Waals surface area contributed by atoms with Crippen molar-refractivity contribution in [1.82, 2.24) is 9.55 Å². The third kappa shape index (κ3) is 4.90. The number of para-hydroxylation sites is 2. The van der Waals surface area contributed by atoms with E-state index >= 15 is 0 Å². The molecule has 1 aliphatic heterocycles. The second-order valence-electron chi connectivity index (χ2n) is 15.4.